The number of nitrogens with two attached hydrogens (primary N) is 1. The molecule has 2 aromatic carbocycles. The van der Waals surface area contributed by atoms with Crippen LogP contribution in [0.2, 0.25) is 0 Å². The molecule has 0 atom stereocenters. The minimum Gasteiger partial charge on any atom is -0.399 e. The molecular formula is C12H8F4N2O2S. The van der Waals surface area contributed by atoms with Crippen LogP contribution < -0.4 is 10.5 Å². The van der Waals surface area contributed by atoms with E-state index in [9.17, 15) is 26.0 Å². The first-order chi connectivity index (χ1) is 9.70. The van der Waals surface area contributed by atoms with Gasteiger partial charge in [-0.25, -0.2) is 26.0 Å². The second kappa shape index (κ2) is 5.24. The number of benzene rings is 2. The summed E-state index contributed by atoms with van der Waals surface area (Å²) in [7, 11) is -4.79. The van der Waals surface area contributed by atoms with Gasteiger partial charge < -0.3 is 5.73 Å². The smallest absolute Gasteiger partial charge is 0.267 e. The Hall–Kier alpha value is -2.29. The third-order valence-electron chi connectivity index (χ3n) is 2.46. The molecule has 3 N–H and O–H groups in total. The maximum Gasteiger partial charge on any atom is 0.267 e. The van der Waals surface area contributed by atoms with Gasteiger partial charge >= 0.3 is 0 Å². The lowest BCUT2D eigenvalue weighted by molar-refractivity contribution is 0.522. The minimum absolute atomic E-state index is 0.319. The summed E-state index contributed by atoms with van der Waals surface area (Å²) >= 11 is 0. The average Bonchev–Trinajstić information content (AvgIpc) is 2.31. The molecule has 0 amide bonds. The van der Waals surface area contributed by atoms with Gasteiger partial charge in [-0.1, -0.05) is 0 Å². The Kier molecular flexibility index (Phi) is 3.77. The van der Waals surface area contributed by atoms with Crippen molar-refractivity contribution >= 4 is 21.4 Å². The molecule has 2 rings (SSSR count). The Morgan fingerprint density at radius 3 is 2.05 bits per heavy atom. The second-order valence-corrected chi connectivity index (χ2v) is 5.66. The van der Waals surface area contributed by atoms with Gasteiger partial charge in [-0.2, -0.15) is 0 Å². The summed E-state index contributed by atoms with van der Waals surface area (Å²) in [6.07, 6.45) is 0. The zero-order valence-electron chi connectivity index (χ0n) is 10.2. The predicted molar refractivity (Wildman–Crippen MR) is 67.9 cm³/mol. The van der Waals surface area contributed by atoms with Crippen molar-refractivity contribution in [1.82, 2.24) is 0 Å². The van der Waals surface area contributed by atoms with Crippen molar-refractivity contribution in [3.8, 4) is 0 Å². The first-order valence-corrected chi connectivity index (χ1v) is 6.91. The van der Waals surface area contributed by atoms with Gasteiger partial charge in [-0.3, -0.25) is 4.72 Å². The Bertz CT molecular complexity index is 786. The van der Waals surface area contributed by atoms with E-state index >= 15 is 0 Å². The fourth-order valence-electron chi connectivity index (χ4n) is 1.61. The van der Waals surface area contributed by atoms with Gasteiger partial charge in [-0.05, 0) is 24.3 Å². The largest absolute Gasteiger partial charge is 0.399 e. The van der Waals surface area contributed by atoms with Crippen LogP contribution in [0.3, 0.4) is 0 Å². The quantitative estimate of drug-likeness (QED) is 0.674. The van der Waals surface area contributed by atoms with Crippen molar-refractivity contribution in [2.24, 2.45) is 0 Å². The van der Waals surface area contributed by atoms with Crippen LogP contribution in [0.25, 0.3) is 0 Å². The fourth-order valence-corrected chi connectivity index (χ4v) is 2.79. The summed E-state index contributed by atoms with van der Waals surface area (Å²) < 4.78 is 78.9. The SMILES string of the molecule is Nc1cc(F)c(S(=O)(=O)Nc2cc(F)ccc2F)c(F)c1. The molecule has 0 bridgehead atoms. The van der Waals surface area contributed by atoms with Gasteiger partial charge in [0.2, 0.25) is 0 Å². The molecule has 2 aromatic rings. The maximum atomic E-state index is 13.6. The van der Waals surface area contributed by atoms with E-state index in [2.05, 4.69) is 0 Å². The van der Waals surface area contributed by atoms with E-state index in [1.807, 2.05) is 0 Å². The van der Waals surface area contributed by atoms with Gasteiger partial charge in [0.25, 0.3) is 10.0 Å². The topological polar surface area (TPSA) is 72.2 Å². The Morgan fingerprint density at radius 2 is 1.48 bits per heavy atom. The number of hydrogen-bond acceptors (Lipinski definition) is 3. The molecule has 0 spiro atoms. The van der Waals surface area contributed by atoms with Gasteiger partial charge in [0.15, 0.2) is 4.90 Å². The average molecular weight is 320 g/mol. The molecular weight excluding hydrogens is 312 g/mol. The predicted octanol–water partition coefficient (Wildman–Crippen LogP) is 2.63. The summed E-state index contributed by atoms with van der Waals surface area (Å²) in [6, 6.07) is 3.17. The lowest BCUT2D eigenvalue weighted by atomic mass is 10.3. The van der Waals surface area contributed by atoms with E-state index in [0.717, 1.165) is 6.07 Å². The number of hydrogen-bond donors (Lipinski definition) is 2. The van der Waals surface area contributed by atoms with Crippen molar-refractivity contribution in [1.29, 1.82) is 0 Å². The molecule has 21 heavy (non-hydrogen) atoms. The molecule has 0 aliphatic carbocycles. The molecule has 0 fully saturated rings. The molecule has 0 saturated heterocycles. The first kappa shape index (κ1) is 15.1. The monoisotopic (exact) mass is 320 g/mol. The molecule has 0 radical (unpaired) electrons. The van der Waals surface area contributed by atoms with E-state index in [0.29, 0.717) is 24.3 Å². The normalized spacial score (nSPS) is 11.4. The van der Waals surface area contributed by atoms with Gasteiger partial charge in [0.05, 0.1) is 5.69 Å². The minimum atomic E-state index is -4.79. The van der Waals surface area contributed by atoms with Crippen LogP contribution in [-0.4, -0.2) is 8.42 Å². The lowest BCUT2D eigenvalue weighted by Crippen LogP contribution is -2.17. The zero-order valence-corrected chi connectivity index (χ0v) is 11.0. The van der Waals surface area contributed by atoms with Gasteiger partial charge in [0, 0.05) is 11.8 Å². The lowest BCUT2D eigenvalue weighted by Gasteiger charge is -2.11. The molecule has 0 saturated carbocycles. The molecule has 0 unspecified atom stereocenters. The molecule has 112 valence electrons. The van der Waals surface area contributed by atoms with Crippen LogP contribution >= 0.6 is 0 Å². The number of nitrogen functional groups attached to an aromatic ring is 1. The highest BCUT2D eigenvalue weighted by Crippen LogP contribution is 2.25. The second-order valence-electron chi connectivity index (χ2n) is 4.04. The Morgan fingerprint density at radius 1 is 0.905 bits per heavy atom. The number of nitrogens with one attached hydrogen (secondary N) is 1. The van der Waals surface area contributed by atoms with E-state index in [1.54, 1.807) is 4.72 Å². The van der Waals surface area contributed by atoms with E-state index in [1.165, 1.54) is 0 Å². The summed E-state index contributed by atoms with van der Waals surface area (Å²) in [4.78, 5) is -1.33. The van der Waals surface area contributed by atoms with Crippen LogP contribution in [0.5, 0.6) is 0 Å². The third-order valence-corrected chi connectivity index (χ3v) is 3.88. The van der Waals surface area contributed by atoms with Crippen LogP contribution in [-0.2, 0) is 10.0 Å². The van der Waals surface area contributed by atoms with E-state index in [-0.39, 0.29) is 5.69 Å². The van der Waals surface area contributed by atoms with Crippen molar-refractivity contribution in [3.05, 3.63) is 53.6 Å². The molecule has 4 nitrogen and oxygen atoms in total. The van der Waals surface area contributed by atoms with Crippen LogP contribution in [0, 0.1) is 23.3 Å². The highest BCUT2D eigenvalue weighted by molar-refractivity contribution is 7.92. The number of sulfonamides is 1. The van der Waals surface area contributed by atoms with E-state index < -0.39 is 43.9 Å². The highest BCUT2D eigenvalue weighted by Gasteiger charge is 2.25. The highest BCUT2D eigenvalue weighted by atomic mass is 32.2. The fraction of sp³-hybridized carbons (Fsp3) is 0. The summed E-state index contributed by atoms with van der Waals surface area (Å²) in [6.45, 7) is 0. The van der Waals surface area contributed by atoms with Crippen molar-refractivity contribution in [2.75, 3.05) is 10.5 Å². The van der Waals surface area contributed by atoms with Crippen molar-refractivity contribution < 1.29 is 26.0 Å². The summed E-state index contributed by atoms with van der Waals surface area (Å²) in [5.41, 5.74) is 4.07. The van der Waals surface area contributed by atoms with Crippen LogP contribution in [0.4, 0.5) is 28.9 Å². The summed E-state index contributed by atoms with van der Waals surface area (Å²) in [5.74, 6) is -4.92. The molecule has 0 aromatic heterocycles. The first-order valence-electron chi connectivity index (χ1n) is 5.43. The van der Waals surface area contributed by atoms with Gasteiger partial charge in [-0.15, -0.1) is 0 Å². The zero-order chi connectivity index (χ0) is 15.8. The third kappa shape index (κ3) is 3.07. The maximum absolute atomic E-state index is 13.6. The van der Waals surface area contributed by atoms with Crippen molar-refractivity contribution in [2.45, 2.75) is 4.90 Å². The molecule has 0 aliphatic rings. The number of rotatable bonds is 3. The molecule has 0 aliphatic heterocycles. The van der Waals surface area contributed by atoms with Crippen molar-refractivity contribution in [3.63, 3.8) is 0 Å². The van der Waals surface area contributed by atoms with Crippen LogP contribution in [0.15, 0.2) is 35.2 Å². The number of anilines is 2. The summed E-state index contributed by atoms with van der Waals surface area (Å²) in [5, 5.41) is 0. The van der Waals surface area contributed by atoms with Gasteiger partial charge in [0.1, 0.15) is 23.3 Å². The van der Waals surface area contributed by atoms with Crippen LogP contribution in [0.1, 0.15) is 0 Å². The number of halogens is 4. The van der Waals surface area contributed by atoms with E-state index in [4.69, 9.17) is 5.73 Å². The Labute approximate surface area is 117 Å². The molecule has 9 heteroatoms. The standard InChI is InChI=1S/C12H8F4N2O2S/c13-6-1-2-8(14)11(3-6)18-21(19,20)12-9(15)4-7(17)5-10(12)16/h1-5,18H,17H2. The molecule has 0 heterocycles. The Balaban J connectivity index is 2.51.